The lowest BCUT2D eigenvalue weighted by Crippen LogP contribution is -2.18. The summed E-state index contributed by atoms with van der Waals surface area (Å²) in [7, 11) is 0. The Morgan fingerprint density at radius 2 is 2.10 bits per heavy atom. The van der Waals surface area contributed by atoms with Gasteiger partial charge < -0.3 is 10.5 Å². The molecule has 0 unspecified atom stereocenters. The second-order valence-electron chi connectivity index (χ2n) is 4.16. The SMILES string of the molecule is N#CCn1cc(-c2ccc(OC(F)(F)F)c(CN)c2)cn1. The van der Waals surface area contributed by atoms with Gasteiger partial charge in [-0.15, -0.1) is 13.2 Å². The summed E-state index contributed by atoms with van der Waals surface area (Å²) in [5.74, 6) is -0.321. The van der Waals surface area contributed by atoms with Crippen molar-refractivity contribution >= 4 is 0 Å². The lowest BCUT2D eigenvalue weighted by molar-refractivity contribution is -0.274. The van der Waals surface area contributed by atoms with Crippen LogP contribution in [0.3, 0.4) is 0 Å². The van der Waals surface area contributed by atoms with Gasteiger partial charge >= 0.3 is 6.36 Å². The number of aromatic nitrogens is 2. The van der Waals surface area contributed by atoms with Crippen molar-refractivity contribution in [3.63, 3.8) is 0 Å². The Morgan fingerprint density at radius 3 is 2.71 bits per heavy atom. The van der Waals surface area contributed by atoms with Crippen LogP contribution in [0, 0.1) is 11.3 Å². The summed E-state index contributed by atoms with van der Waals surface area (Å²) < 4.78 is 42.1. The summed E-state index contributed by atoms with van der Waals surface area (Å²) in [5.41, 5.74) is 7.02. The lowest BCUT2D eigenvalue weighted by atomic mass is 10.1. The molecule has 8 heteroatoms. The normalized spacial score (nSPS) is 11.2. The van der Waals surface area contributed by atoms with Crippen molar-refractivity contribution in [1.82, 2.24) is 9.78 Å². The number of nitrogens with zero attached hydrogens (tertiary/aromatic N) is 3. The molecule has 2 aromatic rings. The van der Waals surface area contributed by atoms with E-state index < -0.39 is 6.36 Å². The predicted molar refractivity (Wildman–Crippen MR) is 67.9 cm³/mol. The number of nitrogens with two attached hydrogens (primary N) is 1. The highest BCUT2D eigenvalue weighted by Gasteiger charge is 2.32. The van der Waals surface area contributed by atoms with Gasteiger partial charge in [0.15, 0.2) is 0 Å². The van der Waals surface area contributed by atoms with E-state index in [1.54, 1.807) is 6.20 Å². The van der Waals surface area contributed by atoms with Gasteiger partial charge in [-0.2, -0.15) is 10.4 Å². The summed E-state index contributed by atoms with van der Waals surface area (Å²) >= 11 is 0. The largest absolute Gasteiger partial charge is 0.573 e. The first-order valence-electron chi connectivity index (χ1n) is 5.91. The molecule has 1 aromatic heterocycles. The zero-order valence-electron chi connectivity index (χ0n) is 10.8. The van der Waals surface area contributed by atoms with Crippen LogP contribution in [0.5, 0.6) is 5.75 Å². The van der Waals surface area contributed by atoms with Crippen LogP contribution < -0.4 is 10.5 Å². The smallest absolute Gasteiger partial charge is 0.405 e. The number of hydrogen-bond donors (Lipinski definition) is 1. The lowest BCUT2D eigenvalue weighted by Gasteiger charge is -2.13. The maximum Gasteiger partial charge on any atom is 0.573 e. The van der Waals surface area contributed by atoms with Crippen LogP contribution >= 0.6 is 0 Å². The average Bonchev–Trinajstić information content (AvgIpc) is 2.86. The van der Waals surface area contributed by atoms with Gasteiger partial charge in [0, 0.05) is 23.9 Å². The monoisotopic (exact) mass is 296 g/mol. The zero-order valence-corrected chi connectivity index (χ0v) is 10.8. The maximum atomic E-state index is 12.3. The van der Waals surface area contributed by atoms with Gasteiger partial charge in [0.2, 0.25) is 0 Å². The molecule has 0 aliphatic rings. The number of hydrogen-bond acceptors (Lipinski definition) is 4. The summed E-state index contributed by atoms with van der Waals surface area (Å²) in [4.78, 5) is 0. The van der Waals surface area contributed by atoms with E-state index >= 15 is 0 Å². The van der Waals surface area contributed by atoms with Crippen LogP contribution in [-0.4, -0.2) is 16.1 Å². The molecule has 0 spiro atoms. The van der Waals surface area contributed by atoms with Crippen LogP contribution in [0.1, 0.15) is 5.56 Å². The summed E-state index contributed by atoms with van der Waals surface area (Å²) in [6.07, 6.45) is -1.61. The molecule has 0 saturated heterocycles. The Hall–Kier alpha value is -2.53. The van der Waals surface area contributed by atoms with Gasteiger partial charge in [0.25, 0.3) is 0 Å². The standard InChI is InChI=1S/C13H11F3N4O/c14-13(15,16)21-12-2-1-9(5-10(12)6-18)11-7-19-20(8-11)4-3-17/h1-2,5,7-8H,4,6,18H2. The van der Waals surface area contributed by atoms with Crippen LogP contribution in [0.25, 0.3) is 11.1 Å². The number of benzene rings is 1. The highest BCUT2D eigenvalue weighted by atomic mass is 19.4. The van der Waals surface area contributed by atoms with Crippen molar-refractivity contribution in [3.8, 4) is 22.9 Å². The molecule has 2 rings (SSSR count). The van der Waals surface area contributed by atoms with Gasteiger partial charge in [-0.1, -0.05) is 6.07 Å². The third kappa shape index (κ3) is 3.73. The number of alkyl halides is 3. The molecule has 0 fully saturated rings. The zero-order chi connectivity index (χ0) is 15.5. The van der Waals surface area contributed by atoms with Gasteiger partial charge in [0.05, 0.1) is 12.3 Å². The van der Waals surface area contributed by atoms with E-state index in [-0.39, 0.29) is 24.4 Å². The first-order chi connectivity index (χ1) is 9.93. The molecular weight excluding hydrogens is 285 g/mol. The van der Waals surface area contributed by atoms with Gasteiger partial charge in [-0.3, -0.25) is 4.68 Å². The third-order valence-corrected chi connectivity index (χ3v) is 2.71. The Kier molecular flexibility index (Phi) is 4.14. The van der Waals surface area contributed by atoms with Gasteiger partial charge in [0.1, 0.15) is 12.3 Å². The van der Waals surface area contributed by atoms with Crippen LogP contribution in [0.15, 0.2) is 30.6 Å². The van der Waals surface area contributed by atoms with Gasteiger partial charge in [-0.05, 0) is 17.7 Å². The molecule has 0 saturated carbocycles. The average molecular weight is 296 g/mol. The molecule has 5 nitrogen and oxygen atoms in total. The summed E-state index contributed by atoms with van der Waals surface area (Å²) in [6.45, 7) is 0.00456. The molecule has 110 valence electrons. The van der Waals surface area contributed by atoms with Crippen molar-refractivity contribution in [3.05, 3.63) is 36.2 Å². The minimum Gasteiger partial charge on any atom is -0.405 e. The molecule has 0 radical (unpaired) electrons. The van der Waals surface area contributed by atoms with E-state index in [2.05, 4.69) is 9.84 Å². The van der Waals surface area contributed by atoms with Crippen molar-refractivity contribution in [2.45, 2.75) is 19.5 Å². The number of ether oxygens (including phenoxy) is 1. The Bertz CT molecular complexity index is 673. The highest BCUT2D eigenvalue weighted by molar-refractivity contribution is 5.64. The maximum absolute atomic E-state index is 12.3. The minimum atomic E-state index is -4.76. The van der Waals surface area contributed by atoms with Gasteiger partial charge in [-0.25, -0.2) is 0 Å². The molecular formula is C13H11F3N4O. The number of nitriles is 1. The van der Waals surface area contributed by atoms with Crippen molar-refractivity contribution < 1.29 is 17.9 Å². The molecule has 1 aromatic carbocycles. The van der Waals surface area contributed by atoms with E-state index in [4.69, 9.17) is 11.0 Å². The van der Waals surface area contributed by atoms with Crippen LogP contribution in [0.4, 0.5) is 13.2 Å². The first kappa shape index (κ1) is 14.9. The molecule has 1 heterocycles. The molecule has 2 N–H and O–H groups in total. The molecule has 0 aliphatic carbocycles. The summed E-state index contributed by atoms with van der Waals surface area (Å²) in [5, 5.41) is 12.5. The fourth-order valence-electron chi connectivity index (χ4n) is 1.81. The van der Waals surface area contributed by atoms with E-state index in [0.29, 0.717) is 11.1 Å². The molecule has 0 atom stereocenters. The van der Waals surface area contributed by atoms with Crippen molar-refractivity contribution in [2.24, 2.45) is 5.73 Å². The van der Waals surface area contributed by atoms with Crippen LogP contribution in [0.2, 0.25) is 0 Å². The van der Waals surface area contributed by atoms with E-state index in [9.17, 15) is 13.2 Å². The fraction of sp³-hybridized carbons (Fsp3) is 0.231. The molecule has 0 aliphatic heterocycles. The summed E-state index contributed by atoms with van der Waals surface area (Å²) in [6, 6.07) is 6.15. The van der Waals surface area contributed by atoms with E-state index in [1.807, 2.05) is 6.07 Å². The van der Waals surface area contributed by atoms with Crippen LogP contribution in [-0.2, 0) is 13.1 Å². The Balaban J connectivity index is 2.32. The second kappa shape index (κ2) is 5.85. The fourth-order valence-corrected chi connectivity index (χ4v) is 1.81. The quantitative estimate of drug-likeness (QED) is 0.940. The first-order valence-corrected chi connectivity index (χ1v) is 5.91. The second-order valence-corrected chi connectivity index (χ2v) is 4.16. The Labute approximate surface area is 118 Å². The topological polar surface area (TPSA) is 76.9 Å². The highest BCUT2D eigenvalue weighted by Crippen LogP contribution is 2.30. The van der Waals surface area contributed by atoms with Crippen molar-refractivity contribution in [2.75, 3.05) is 0 Å². The van der Waals surface area contributed by atoms with E-state index in [0.717, 1.165) is 0 Å². The predicted octanol–water partition coefficient (Wildman–Crippen LogP) is 2.43. The molecule has 21 heavy (non-hydrogen) atoms. The Morgan fingerprint density at radius 1 is 1.33 bits per heavy atom. The molecule has 0 bridgehead atoms. The third-order valence-electron chi connectivity index (χ3n) is 2.71. The number of halogens is 3. The van der Waals surface area contributed by atoms with Crippen molar-refractivity contribution in [1.29, 1.82) is 5.26 Å². The molecule has 0 amide bonds. The minimum absolute atomic E-state index is 0.0917. The van der Waals surface area contributed by atoms with E-state index in [1.165, 1.54) is 29.1 Å². The number of rotatable bonds is 4.